The Morgan fingerprint density at radius 2 is 1.93 bits per heavy atom. The molecule has 2 heterocycles. The highest BCUT2D eigenvalue weighted by Gasteiger charge is 2.27. The number of methoxy groups -OCH3 is 2. The maximum atomic E-state index is 13.2. The highest BCUT2D eigenvalue weighted by molar-refractivity contribution is 7.13. The van der Waals surface area contributed by atoms with Gasteiger partial charge in [0.05, 0.1) is 27.4 Å². The van der Waals surface area contributed by atoms with Gasteiger partial charge in [-0.3, -0.25) is 4.79 Å². The number of hydrogen-bond donors (Lipinski definition) is 0. The van der Waals surface area contributed by atoms with Crippen LogP contribution in [0.2, 0.25) is 0 Å². The maximum Gasteiger partial charge on any atom is 0.273 e. The second-order valence-corrected chi connectivity index (χ2v) is 7.63. The number of thiazole rings is 1. The van der Waals surface area contributed by atoms with Crippen LogP contribution < -0.4 is 9.47 Å². The Kier molecular flexibility index (Phi) is 5.96. The highest BCUT2D eigenvalue weighted by Crippen LogP contribution is 2.34. The van der Waals surface area contributed by atoms with Crippen molar-refractivity contribution in [1.82, 2.24) is 9.88 Å². The lowest BCUT2D eigenvalue weighted by molar-refractivity contribution is -0.0230. The number of carbonyl (C=O) groups excluding carboxylic acids is 1. The maximum absolute atomic E-state index is 13.2. The molecule has 156 valence electrons. The number of hydrogen-bond acceptors (Lipinski definition) is 6. The summed E-state index contributed by atoms with van der Waals surface area (Å²) < 4.78 is 29.6. The first kappa shape index (κ1) is 20.3. The summed E-state index contributed by atoms with van der Waals surface area (Å²) in [5.41, 5.74) is 2.09. The van der Waals surface area contributed by atoms with E-state index in [9.17, 15) is 9.18 Å². The Balaban J connectivity index is 1.50. The van der Waals surface area contributed by atoms with Gasteiger partial charge in [-0.05, 0) is 35.9 Å². The summed E-state index contributed by atoms with van der Waals surface area (Å²) in [6.45, 7) is 1.30. The van der Waals surface area contributed by atoms with E-state index < -0.39 is 0 Å². The van der Waals surface area contributed by atoms with Gasteiger partial charge in [-0.1, -0.05) is 12.1 Å². The van der Waals surface area contributed by atoms with E-state index in [2.05, 4.69) is 4.98 Å². The Labute approximate surface area is 177 Å². The second kappa shape index (κ2) is 8.81. The van der Waals surface area contributed by atoms with E-state index in [0.29, 0.717) is 36.9 Å². The molecule has 8 heteroatoms. The van der Waals surface area contributed by atoms with Crippen LogP contribution in [-0.4, -0.2) is 49.7 Å². The summed E-state index contributed by atoms with van der Waals surface area (Å²) in [6.07, 6.45) is -0.285. The molecule has 2 aromatic carbocycles. The first-order valence-corrected chi connectivity index (χ1v) is 10.3. The predicted octanol–water partition coefficient (Wildman–Crippen LogP) is 4.18. The van der Waals surface area contributed by atoms with Crippen LogP contribution in [0.15, 0.2) is 47.8 Å². The number of benzene rings is 2. The van der Waals surface area contributed by atoms with Crippen molar-refractivity contribution in [3.8, 4) is 22.1 Å². The molecule has 0 aliphatic carbocycles. The van der Waals surface area contributed by atoms with E-state index in [1.807, 2.05) is 18.2 Å². The van der Waals surface area contributed by atoms with Gasteiger partial charge in [-0.25, -0.2) is 9.37 Å². The van der Waals surface area contributed by atoms with E-state index in [-0.39, 0.29) is 17.8 Å². The number of morpholine rings is 1. The molecule has 0 spiro atoms. The summed E-state index contributed by atoms with van der Waals surface area (Å²) in [6, 6.07) is 11.7. The topological polar surface area (TPSA) is 60.9 Å². The summed E-state index contributed by atoms with van der Waals surface area (Å²) in [5.74, 6) is 0.795. The van der Waals surface area contributed by atoms with Crippen molar-refractivity contribution in [3.63, 3.8) is 0 Å². The molecule has 1 aromatic heterocycles. The summed E-state index contributed by atoms with van der Waals surface area (Å²) >= 11 is 1.40. The van der Waals surface area contributed by atoms with Gasteiger partial charge in [-0.15, -0.1) is 11.3 Å². The van der Waals surface area contributed by atoms with Crippen LogP contribution in [0.4, 0.5) is 4.39 Å². The summed E-state index contributed by atoms with van der Waals surface area (Å²) in [5, 5.41) is 2.49. The lowest BCUT2D eigenvalue weighted by atomic mass is 10.1. The number of carbonyl (C=O) groups is 1. The van der Waals surface area contributed by atoms with Crippen molar-refractivity contribution in [1.29, 1.82) is 0 Å². The number of amides is 1. The zero-order valence-corrected chi connectivity index (χ0v) is 17.4. The fourth-order valence-electron chi connectivity index (χ4n) is 3.35. The van der Waals surface area contributed by atoms with E-state index in [0.717, 1.165) is 16.1 Å². The van der Waals surface area contributed by atoms with Crippen LogP contribution in [0.5, 0.6) is 11.5 Å². The minimum Gasteiger partial charge on any atom is -0.493 e. The predicted molar refractivity (Wildman–Crippen MR) is 112 cm³/mol. The summed E-state index contributed by atoms with van der Waals surface area (Å²) in [7, 11) is 3.16. The first-order valence-electron chi connectivity index (χ1n) is 9.43. The van der Waals surface area contributed by atoms with Crippen molar-refractivity contribution in [2.24, 2.45) is 0 Å². The number of nitrogens with zero attached hydrogens (tertiary/aromatic N) is 2. The van der Waals surface area contributed by atoms with Gasteiger partial charge in [0, 0.05) is 17.5 Å². The van der Waals surface area contributed by atoms with Gasteiger partial charge in [0.1, 0.15) is 22.6 Å². The lowest BCUT2D eigenvalue weighted by Crippen LogP contribution is -2.42. The Bertz CT molecular complexity index is 1040. The smallest absolute Gasteiger partial charge is 0.273 e. The van der Waals surface area contributed by atoms with Crippen LogP contribution >= 0.6 is 11.3 Å². The van der Waals surface area contributed by atoms with Crippen molar-refractivity contribution in [2.45, 2.75) is 6.10 Å². The molecule has 0 bridgehead atoms. The summed E-state index contributed by atoms with van der Waals surface area (Å²) in [4.78, 5) is 19.3. The molecule has 6 nitrogen and oxygen atoms in total. The van der Waals surface area contributed by atoms with Gasteiger partial charge in [0.2, 0.25) is 0 Å². The van der Waals surface area contributed by atoms with Crippen molar-refractivity contribution in [3.05, 3.63) is 64.9 Å². The third kappa shape index (κ3) is 4.15. The Morgan fingerprint density at radius 1 is 1.17 bits per heavy atom. The van der Waals surface area contributed by atoms with Crippen molar-refractivity contribution < 1.29 is 23.4 Å². The fraction of sp³-hybridized carbons (Fsp3) is 0.273. The molecular formula is C22H21FN2O4S. The van der Waals surface area contributed by atoms with Gasteiger partial charge in [0.15, 0.2) is 11.5 Å². The molecule has 0 radical (unpaired) electrons. The first-order chi connectivity index (χ1) is 14.6. The van der Waals surface area contributed by atoms with Gasteiger partial charge >= 0.3 is 0 Å². The van der Waals surface area contributed by atoms with E-state index in [1.165, 1.54) is 23.5 Å². The normalized spacial score (nSPS) is 16.4. The van der Waals surface area contributed by atoms with Crippen LogP contribution in [-0.2, 0) is 4.74 Å². The Hall–Kier alpha value is -2.97. The van der Waals surface area contributed by atoms with E-state index >= 15 is 0 Å². The zero-order valence-electron chi connectivity index (χ0n) is 16.6. The second-order valence-electron chi connectivity index (χ2n) is 6.77. The molecular weight excluding hydrogens is 407 g/mol. The molecule has 0 unspecified atom stereocenters. The van der Waals surface area contributed by atoms with Crippen molar-refractivity contribution in [2.75, 3.05) is 33.9 Å². The van der Waals surface area contributed by atoms with Crippen molar-refractivity contribution >= 4 is 17.2 Å². The van der Waals surface area contributed by atoms with Crippen LogP contribution in [0.3, 0.4) is 0 Å². The van der Waals surface area contributed by atoms with Crippen LogP contribution in [0, 0.1) is 5.82 Å². The zero-order chi connectivity index (χ0) is 21.1. The standard InChI is InChI=1S/C22H21FN2O4S/c1-27-18-8-5-15(11-19(18)28-2)21-24-17(13-30-21)22(26)25-9-10-29-20(12-25)14-3-6-16(23)7-4-14/h3-8,11,13,20H,9-10,12H2,1-2H3/t20-/m1/s1. The molecule has 0 saturated carbocycles. The molecule has 0 N–H and O–H groups in total. The SMILES string of the molecule is COc1ccc(-c2nc(C(=O)N3CCO[C@@H](c4ccc(F)cc4)C3)cs2)cc1OC. The molecule has 1 saturated heterocycles. The van der Waals surface area contributed by atoms with Crippen LogP contribution in [0.1, 0.15) is 22.2 Å². The molecule has 1 aliphatic rings. The van der Waals surface area contributed by atoms with Gasteiger partial charge in [-0.2, -0.15) is 0 Å². The average molecular weight is 428 g/mol. The van der Waals surface area contributed by atoms with E-state index in [1.54, 1.807) is 36.6 Å². The van der Waals surface area contributed by atoms with Gasteiger partial charge < -0.3 is 19.1 Å². The van der Waals surface area contributed by atoms with Gasteiger partial charge in [0.25, 0.3) is 5.91 Å². The monoisotopic (exact) mass is 428 g/mol. The molecule has 3 aromatic rings. The molecule has 4 rings (SSSR count). The molecule has 1 aliphatic heterocycles. The van der Waals surface area contributed by atoms with E-state index in [4.69, 9.17) is 14.2 Å². The Morgan fingerprint density at radius 3 is 2.67 bits per heavy atom. The molecule has 1 fully saturated rings. The lowest BCUT2D eigenvalue weighted by Gasteiger charge is -2.32. The number of halogens is 1. The number of rotatable bonds is 5. The number of ether oxygens (including phenoxy) is 3. The third-order valence-corrected chi connectivity index (χ3v) is 5.84. The number of aromatic nitrogens is 1. The van der Waals surface area contributed by atoms with Crippen LogP contribution in [0.25, 0.3) is 10.6 Å². The minimum atomic E-state index is -0.298. The largest absolute Gasteiger partial charge is 0.493 e. The molecule has 1 atom stereocenters. The third-order valence-electron chi connectivity index (χ3n) is 4.95. The fourth-order valence-corrected chi connectivity index (χ4v) is 4.14. The highest BCUT2D eigenvalue weighted by atomic mass is 32.1. The molecule has 30 heavy (non-hydrogen) atoms. The molecule has 1 amide bonds. The quantitative estimate of drug-likeness (QED) is 0.610. The minimum absolute atomic E-state index is 0.145. The average Bonchev–Trinajstić information content (AvgIpc) is 3.29.